The van der Waals surface area contributed by atoms with E-state index in [1.165, 1.54) is 18.2 Å². The minimum atomic E-state index is -0.522. The lowest BCUT2D eigenvalue weighted by molar-refractivity contribution is -0.384. The molecule has 6 nitrogen and oxygen atoms in total. The van der Waals surface area contributed by atoms with Crippen molar-refractivity contribution in [3.63, 3.8) is 0 Å². The van der Waals surface area contributed by atoms with Crippen molar-refractivity contribution in [1.29, 1.82) is 0 Å². The fourth-order valence-electron chi connectivity index (χ4n) is 2.51. The third-order valence-corrected chi connectivity index (χ3v) is 4.14. The summed E-state index contributed by atoms with van der Waals surface area (Å²) in [5, 5.41) is 16.7. The summed E-state index contributed by atoms with van der Waals surface area (Å²) in [5.74, 6) is 0.401. The van der Waals surface area contributed by atoms with Crippen LogP contribution in [0.1, 0.15) is 26.2 Å². The maximum Gasteiger partial charge on any atom is 0.271 e. The lowest BCUT2D eigenvalue weighted by atomic mass is 9.90. The summed E-state index contributed by atoms with van der Waals surface area (Å²) in [4.78, 5) is 22.4. The van der Waals surface area contributed by atoms with E-state index in [2.05, 4.69) is 17.6 Å². The van der Waals surface area contributed by atoms with Crippen molar-refractivity contribution in [2.45, 2.75) is 32.2 Å². The Morgan fingerprint density at radius 1 is 1.57 bits per heavy atom. The molecule has 2 atom stereocenters. The van der Waals surface area contributed by atoms with Crippen LogP contribution in [0.2, 0.25) is 5.02 Å². The van der Waals surface area contributed by atoms with Gasteiger partial charge < -0.3 is 10.6 Å². The highest BCUT2D eigenvalue weighted by Crippen LogP contribution is 2.27. The number of carbonyl (C=O) groups excluding carboxylic acids is 1. The summed E-state index contributed by atoms with van der Waals surface area (Å²) in [5.41, 5.74) is 0.299. The molecule has 1 heterocycles. The first-order chi connectivity index (χ1) is 10.0. The van der Waals surface area contributed by atoms with E-state index < -0.39 is 4.92 Å². The van der Waals surface area contributed by atoms with Crippen LogP contribution in [-0.4, -0.2) is 23.4 Å². The SMILES string of the molecule is CCC1CCNC(C(=O)Nc2ccc([N+](=O)[O-])cc2Cl)C1. The molecule has 114 valence electrons. The maximum atomic E-state index is 12.2. The molecule has 1 aliphatic heterocycles. The predicted octanol–water partition coefficient (Wildman–Crippen LogP) is 2.96. The number of halogens is 1. The van der Waals surface area contributed by atoms with Gasteiger partial charge in [-0.05, 0) is 31.4 Å². The summed E-state index contributed by atoms with van der Waals surface area (Å²) >= 11 is 5.97. The van der Waals surface area contributed by atoms with Crippen molar-refractivity contribution in [3.8, 4) is 0 Å². The number of nitro benzene ring substituents is 1. The highest BCUT2D eigenvalue weighted by atomic mass is 35.5. The van der Waals surface area contributed by atoms with E-state index in [0.29, 0.717) is 11.6 Å². The van der Waals surface area contributed by atoms with Gasteiger partial charge in [-0.15, -0.1) is 0 Å². The van der Waals surface area contributed by atoms with Crippen LogP contribution < -0.4 is 10.6 Å². The van der Waals surface area contributed by atoms with Crippen molar-refractivity contribution in [2.75, 3.05) is 11.9 Å². The first-order valence-electron chi connectivity index (χ1n) is 6.99. The number of piperidine rings is 1. The number of nitrogens with zero attached hydrogens (tertiary/aromatic N) is 1. The van der Waals surface area contributed by atoms with Crippen molar-refractivity contribution in [1.82, 2.24) is 5.32 Å². The molecule has 1 aromatic rings. The van der Waals surface area contributed by atoms with Gasteiger partial charge in [0, 0.05) is 12.1 Å². The number of hydrogen-bond donors (Lipinski definition) is 2. The monoisotopic (exact) mass is 311 g/mol. The zero-order chi connectivity index (χ0) is 15.4. The van der Waals surface area contributed by atoms with Crippen LogP contribution in [-0.2, 0) is 4.79 Å². The molecule has 0 aliphatic carbocycles. The Balaban J connectivity index is 2.04. The van der Waals surface area contributed by atoms with E-state index in [1.807, 2.05) is 0 Å². The fourth-order valence-corrected chi connectivity index (χ4v) is 2.73. The Morgan fingerprint density at radius 2 is 2.33 bits per heavy atom. The molecular weight excluding hydrogens is 294 g/mol. The number of nitrogens with one attached hydrogen (secondary N) is 2. The second kappa shape index (κ2) is 6.87. The first-order valence-corrected chi connectivity index (χ1v) is 7.37. The van der Waals surface area contributed by atoms with Crippen LogP contribution in [0.25, 0.3) is 0 Å². The minimum absolute atomic E-state index is 0.0974. The van der Waals surface area contributed by atoms with E-state index in [-0.39, 0.29) is 22.7 Å². The van der Waals surface area contributed by atoms with E-state index >= 15 is 0 Å². The molecule has 2 unspecified atom stereocenters. The predicted molar refractivity (Wildman–Crippen MR) is 81.5 cm³/mol. The van der Waals surface area contributed by atoms with Gasteiger partial charge in [-0.2, -0.15) is 0 Å². The number of carbonyl (C=O) groups is 1. The summed E-state index contributed by atoms with van der Waals surface area (Å²) < 4.78 is 0. The maximum absolute atomic E-state index is 12.2. The quantitative estimate of drug-likeness (QED) is 0.661. The molecule has 1 amide bonds. The van der Waals surface area contributed by atoms with Gasteiger partial charge >= 0.3 is 0 Å². The van der Waals surface area contributed by atoms with Gasteiger partial charge in [0.15, 0.2) is 0 Å². The number of amides is 1. The summed E-state index contributed by atoms with van der Waals surface area (Å²) in [6.45, 7) is 2.95. The molecule has 1 aliphatic rings. The van der Waals surface area contributed by atoms with Crippen molar-refractivity contribution in [2.24, 2.45) is 5.92 Å². The largest absolute Gasteiger partial charge is 0.323 e. The molecule has 1 saturated heterocycles. The average molecular weight is 312 g/mol. The van der Waals surface area contributed by atoms with Gasteiger partial charge in [0.25, 0.3) is 5.69 Å². The number of non-ortho nitro benzene ring substituents is 1. The van der Waals surface area contributed by atoms with E-state index in [0.717, 1.165) is 25.8 Å². The number of hydrogen-bond acceptors (Lipinski definition) is 4. The third-order valence-electron chi connectivity index (χ3n) is 3.83. The molecule has 0 spiro atoms. The summed E-state index contributed by atoms with van der Waals surface area (Å²) in [6, 6.07) is 3.78. The number of rotatable bonds is 4. The molecule has 0 saturated carbocycles. The molecule has 1 aromatic carbocycles. The van der Waals surface area contributed by atoms with E-state index in [9.17, 15) is 14.9 Å². The lowest BCUT2D eigenvalue weighted by Gasteiger charge is -2.28. The normalized spacial score (nSPS) is 21.8. The third kappa shape index (κ3) is 3.92. The molecule has 21 heavy (non-hydrogen) atoms. The highest BCUT2D eigenvalue weighted by molar-refractivity contribution is 6.34. The molecule has 2 N–H and O–H groups in total. The van der Waals surface area contributed by atoms with Crippen LogP contribution in [0.5, 0.6) is 0 Å². The van der Waals surface area contributed by atoms with Gasteiger partial charge in [0.2, 0.25) is 5.91 Å². The Labute approximate surface area is 128 Å². The molecule has 7 heteroatoms. The van der Waals surface area contributed by atoms with E-state index in [4.69, 9.17) is 11.6 Å². The average Bonchev–Trinajstić information content (AvgIpc) is 2.49. The van der Waals surface area contributed by atoms with Gasteiger partial charge in [-0.3, -0.25) is 14.9 Å². The van der Waals surface area contributed by atoms with E-state index in [1.54, 1.807) is 0 Å². The Hall–Kier alpha value is -1.66. The first kappa shape index (κ1) is 15.7. The number of nitro groups is 1. The standard InChI is InChI=1S/C14H18ClN3O3/c1-2-9-5-6-16-13(7-9)14(19)17-12-4-3-10(18(20)21)8-11(12)15/h3-4,8-9,13,16H,2,5-7H2,1H3,(H,17,19). The smallest absolute Gasteiger partial charge is 0.271 e. The molecule has 0 radical (unpaired) electrons. The zero-order valence-electron chi connectivity index (χ0n) is 11.8. The molecule has 2 rings (SSSR count). The zero-order valence-corrected chi connectivity index (χ0v) is 12.5. The number of benzene rings is 1. The Kier molecular flexibility index (Phi) is 5.14. The van der Waals surface area contributed by atoms with Crippen molar-refractivity contribution in [3.05, 3.63) is 33.3 Å². The summed E-state index contributed by atoms with van der Waals surface area (Å²) in [7, 11) is 0. The van der Waals surface area contributed by atoms with Gasteiger partial charge in [0.05, 0.1) is 21.7 Å². The molecule has 0 bridgehead atoms. The molecule has 1 fully saturated rings. The van der Waals surface area contributed by atoms with Crippen LogP contribution in [0, 0.1) is 16.0 Å². The topological polar surface area (TPSA) is 84.3 Å². The van der Waals surface area contributed by atoms with Crippen LogP contribution in [0.3, 0.4) is 0 Å². The minimum Gasteiger partial charge on any atom is -0.323 e. The second-order valence-corrected chi connectivity index (χ2v) is 5.62. The van der Waals surface area contributed by atoms with Gasteiger partial charge in [-0.1, -0.05) is 24.9 Å². The van der Waals surface area contributed by atoms with Crippen molar-refractivity contribution < 1.29 is 9.72 Å². The van der Waals surface area contributed by atoms with Crippen LogP contribution in [0.4, 0.5) is 11.4 Å². The highest BCUT2D eigenvalue weighted by Gasteiger charge is 2.26. The summed E-state index contributed by atoms with van der Waals surface area (Å²) in [6.07, 6.45) is 2.94. The van der Waals surface area contributed by atoms with Crippen LogP contribution in [0.15, 0.2) is 18.2 Å². The lowest BCUT2D eigenvalue weighted by Crippen LogP contribution is -2.46. The molecular formula is C14H18ClN3O3. The van der Waals surface area contributed by atoms with Crippen LogP contribution >= 0.6 is 11.6 Å². The number of anilines is 1. The fraction of sp³-hybridized carbons (Fsp3) is 0.500. The van der Waals surface area contributed by atoms with Gasteiger partial charge in [0.1, 0.15) is 0 Å². The van der Waals surface area contributed by atoms with Gasteiger partial charge in [-0.25, -0.2) is 0 Å². The molecule has 0 aromatic heterocycles. The Morgan fingerprint density at radius 3 is 2.95 bits per heavy atom. The Bertz CT molecular complexity index is 550. The van der Waals surface area contributed by atoms with Crippen molar-refractivity contribution >= 4 is 28.9 Å². The second-order valence-electron chi connectivity index (χ2n) is 5.22.